The summed E-state index contributed by atoms with van der Waals surface area (Å²) in [5, 5.41) is 8.23. The molecule has 0 radical (unpaired) electrons. The molecule has 12 heteroatoms. The Morgan fingerprint density at radius 3 is 2.45 bits per heavy atom. The van der Waals surface area contributed by atoms with Crippen LogP contribution in [0.5, 0.6) is 0 Å². The Kier molecular flexibility index (Phi) is 3.75. The van der Waals surface area contributed by atoms with Crippen LogP contribution in [-0.4, -0.2) is 73.1 Å². The quantitative estimate of drug-likeness (QED) is 0.692. The topological polar surface area (TPSA) is 93.2 Å². The number of urea groups is 1. The number of halogens is 3. The molecule has 4 heterocycles. The summed E-state index contributed by atoms with van der Waals surface area (Å²) >= 11 is 0. The molecule has 2 aromatic rings. The Morgan fingerprint density at radius 2 is 1.82 bits per heavy atom. The van der Waals surface area contributed by atoms with E-state index in [1.807, 2.05) is 15.9 Å². The van der Waals surface area contributed by atoms with Gasteiger partial charge in [0.1, 0.15) is 11.7 Å². The Bertz CT molecular complexity index is 1100. The standard InChI is InChI=1S/C21H24F3N7O2/c22-21(23,24)20(3-4-20)17-26-16(33-28-17)13-7-29(8-13)18(32)30-9-19(10-30)5-14(6-19)31-11-25-15(27-31)12-1-2-12/h11-14H,1-10H2. The fourth-order valence-electron chi connectivity index (χ4n) is 5.62. The molecule has 3 saturated carbocycles. The molecule has 2 saturated heterocycles. The fourth-order valence-corrected chi connectivity index (χ4v) is 5.62. The van der Waals surface area contributed by atoms with Crippen LogP contribution in [0.15, 0.2) is 10.9 Å². The van der Waals surface area contributed by atoms with Crippen molar-refractivity contribution in [2.24, 2.45) is 5.41 Å². The lowest BCUT2D eigenvalue weighted by Gasteiger charge is -2.59. The first-order chi connectivity index (χ1) is 15.8. The second-order valence-electron chi connectivity index (χ2n) is 10.7. The molecule has 0 aromatic carbocycles. The molecule has 5 aliphatic rings. The van der Waals surface area contributed by atoms with E-state index in [1.165, 1.54) is 12.8 Å². The van der Waals surface area contributed by atoms with E-state index in [4.69, 9.17) is 4.52 Å². The summed E-state index contributed by atoms with van der Waals surface area (Å²) in [6.07, 6.45) is 1.88. The van der Waals surface area contributed by atoms with Crippen molar-refractivity contribution in [1.82, 2.24) is 34.7 Å². The molecule has 0 N–H and O–H groups in total. The highest BCUT2D eigenvalue weighted by molar-refractivity contribution is 5.76. The van der Waals surface area contributed by atoms with Crippen molar-refractivity contribution in [3.8, 4) is 0 Å². The van der Waals surface area contributed by atoms with E-state index >= 15 is 0 Å². The normalized spacial score (nSPS) is 26.2. The number of amides is 2. The molecule has 2 amide bonds. The summed E-state index contributed by atoms with van der Waals surface area (Å²) in [7, 11) is 0. The van der Waals surface area contributed by atoms with Gasteiger partial charge in [-0.1, -0.05) is 5.16 Å². The summed E-state index contributed by atoms with van der Waals surface area (Å²) < 4.78 is 46.9. The number of rotatable bonds is 4. The molecule has 3 aliphatic carbocycles. The van der Waals surface area contributed by atoms with Crippen molar-refractivity contribution in [1.29, 1.82) is 0 Å². The fraction of sp³-hybridized carbons (Fsp3) is 0.762. The van der Waals surface area contributed by atoms with E-state index in [1.54, 1.807) is 4.90 Å². The van der Waals surface area contributed by atoms with Crippen molar-refractivity contribution in [2.45, 2.75) is 68.0 Å². The number of aromatic nitrogens is 5. The van der Waals surface area contributed by atoms with Crippen LogP contribution in [0.2, 0.25) is 0 Å². The zero-order valence-corrected chi connectivity index (χ0v) is 18.0. The van der Waals surface area contributed by atoms with E-state index in [-0.39, 0.29) is 41.9 Å². The van der Waals surface area contributed by atoms with Crippen LogP contribution >= 0.6 is 0 Å². The smallest absolute Gasteiger partial charge is 0.339 e. The van der Waals surface area contributed by atoms with Crippen molar-refractivity contribution in [3.63, 3.8) is 0 Å². The van der Waals surface area contributed by atoms with Crippen molar-refractivity contribution < 1.29 is 22.5 Å². The average Bonchev–Trinajstić information content (AvgIpc) is 3.58. The third-order valence-corrected chi connectivity index (χ3v) is 8.17. The van der Waals surface area contributed by atoms with Gasteiger partial charge in [-0.3, -0.25) is 0 Å². The number of likely N-dealkylation sites (tertiary alicyclic amines) is 2. The van der Waals surface area contributed by atoms with E-state index in [0.717, 1.165) is 31.8 Å². The molecular formula is C21H24F3N7O2. The monoisotopic (exact) mass is 463 g/mol. The van der Waals surface area contributed by atoms with E-state index in [2.05, 4.69) is 20.2 Å². The Hall–Kier alpha value is -2.66. The third-order valence-electron chi connectivity index (χ3n) is 8.17. The number of alkyl halides is 3. The number of hydrogen-bond donors (Lipinski definition) is 0. The molecular weight excluding hydrogens is 439 g/mol. The summed E-state index contributed by atoms with van der Waals surface area (Å²) in [6, 6.07) is 0.347. The Balaban J connectivity index is 0.900. The molecule has 176 valence electrons. The van der Waals surface area contributed by atoms with Gasteiger partial charge in [-0.15, -0.1) is 0 Å². The van der Waals surface area contributed by atoms with Gasteiger partial charge in [-0.25, -0.2) is 14.5 Å². The molecule has 9 nitrogen and oxygen atoms in total. The van der Waals surface area contributed by atoms with Gasteiger partial charge in [0.25, 0.3) is 0 Å². The third kappa shape index (κ3) is 2.94. The molecule has 5 fully saturated rings. The van der Waals surface area contributed by atoms with E-state index in [0.29, 0.717) is 25.0 Å². The maximum absolute atomic E-state index is 13.3. The van der Waals surface area contributed by atoms with Gasteiger partial charge in [-0.2, -0.15) is 23.3 Å². The van der Waals surface area contributed by atoms with Gasteiger partial charge >= 0.3 is 12.2 Å². The van der Waals surface area contributed by atoms with Crippen LogP contribution in [0, 0.1) is 5.41 Å². The highest BCUT2D eigenvalue weighted by Crippen LogP contribution is 2.58. The Morgan fingerprint density at radius 1 is 1.09 bits per heavy atom. The van der Waals surface area contributed by atoms with E-state index in [9.17, 15) is 18.0 Å². The minimum absolute atomic E-state index is 0.000901. The molecule has 33 heavy (non-hydrogen) atoms. The second kappa shape index (κ2) is 6.26. The van der Waals surface area contributed by atoms with Gasteiger partial charge in [0.05, 0.1) is 12.0 Å². The Labute approximate surface area is 187 Å². The maximum atomic E-state index is 13.3. The number of carbonyl (C=O) groups excluding carboxylic acids is 1. The molecule has 0 unspecified atom stereocenters. The van der Waals surface area contributed by atoms with Gasteiger partial charge in [0.15, 0.2) is 11.6 Å². The predicted molar refractivity (Wildman–Crippen MR) is 105 cm³/mol. The minimum Gasteiger partial charge on any atom is -0.339 e. The molecule has 2 aromatic heterocycles. The first-order valence-corrected chi connectivity index (χ1v) is 11.6. The predicted octanol–water partition coefficient (Wildman–Crippen LogP) is 2.99. The highest BCUT2D eigenvalue weighted by atomic mass is 19.4. The first kappa shape index (κ1) is 19.8. The van der Waals surface area contributed by atoms with Crippen LogP contribution in [0.3, 0.4) is 0 Å². The largest absolute Gasteiger partial charge is 0.401 e. The van der Waals surface area contributed by atoms with Crippen LogP contribution in [0.4, 0.5) is 18.0 Å². The summed E-state index contributed by atoms with van der Waals surface area (Å²) in [4.78, 5) is 24.8. The molecule has 0 bridgehead atoms. The highest BCUT2D eigenvalue weighted by Gasteiger charge is 2.67. The van der Waals surface area contributed by atoms with Gasteiger partial charge < -0.3 is 14.3 Å². The van der Waals surface area contributed by atoms with E-state index < -0.39 is 11.6 Å². The van der Waals surface area contributed by atoms with Crippen LogP contribution in [0.25, 0.3) is 0 Å². The number of hydrogen-bond acceptors (Lipinski definition) is 6. The van der Waals surface area contributed by atoms with Gasteiger partial charge in [0, 0.05) is 37.5 Å². The summed E-state index contributed by atoms with van der Waals surface area (Å²) in [5.74, 6) is 1.25. The van der Waals surface area contributed by atoms with Crippen LogP contribution in [-0.2, 0) is 5.41 Å². The lowest BCUT2D eigenvalue weighted by atomic mass is 9.61. The van der Waals surface area contributed by atoms with Gasteiger partial charge in [-0.05, 0) is 38.5 Å². The zero-order chi connectivity index (χ0) is 22.6. The number of nitrogens with zero attached hydrogens (tertiary/aromatic N) is 7. The van der Waals surface area contributed by atoms with Crippen LogP contribution in [0.1, 0.15) is 73.9 Å². The zero-order valence-electron chi connectivity index (χ0n) is 18.0. The SMILES string of the molecule is O=C(N1CC(c2nc(C3(C(F)(F)F)CC3)no2)C1)N1CC2(CC(n3cnc(C4CC4)n3)C2)C1. The first-order valence-electron chi connectivity index (χ1n) is 11.6. The summed E-state index contributed by atoms with van der Waals surface area (Å²) in [6.45, 7) is 2.28. The minimum atomic E-state index is -4.36. The van der Waals surface area contributed by atoms with Crippen molar-refractivity contribution >= 4 is 6.03 Å². The van der Waals surface area contributed by atoms with Crippen LogP contribution < -0.4 is 0 Å². The maximum Gasteiger partial charge on any atom is 0.401 e. The second-order valence-corrected chi connectivity index (χ2v) is 10.7. The van der Waals surface area contributed by atoms with Crippen molar-refractivity contribution in [2.75, 3.05) is 26.2 Å². The van der Waals surface area contributed by atoms with Gasteiger partial charge in [0.2, 0.25) is 5.89 Å². The number of carbonyl (C=O) groups is 1. The molecule has 2 aliphatic heterocycles. The lowest BCUT2D eigenvalue weighted by molar-refractivity contribution is -0.162. The molecule has 1 spiro atoms. The molecule has 0 atom stereocenters. The summed E-state index contributed by atoms with van der Waals surface area (Å²) in [5.41, 5.74) is -1.75. The molecule has 7 rings (SSSR count). The lowest BCUT2D eigenvalue weighted by Crippen LogP contribution is -2.67. The average molecular weight is 463 g/mol. The van der Waals surface area contributed by atoms with Crippen molar-refractivity contribution in [3.05, 3.63) is 23.9 Å².